The van der Waals surface area contributed by atoms with Gasteiger partial charge in [0.1, 0.15) is 11.3 Å². The van der Waals surface area contributed by atoms with Gasteiger partial charge in [0.05, 0.1) is 5.69 Å². The number of ether oxygens (including phenoxy) is 1. The van der Waals surface area contributed by atoms with Crippen molar-refractivity contribution in [2.45, 2.75) is 53.3 Å². The van der Waals surface area contributed by atoms with Crippen molar-refractivity contribution < 1.29 is 9.53 Å². The number of hydrogen-bond donors (Lipinski definition) is 3. The smallest absolute Gasteiger partial charge is 0.426 e. The first-order valence-corrected chi connectivity index (χ1v) is 11.0. The molecule has 7 heteroatoms. The Morgan fingerprint density at radius 3 is 1.97 bits per heavy atom. The van der Waals surface area contributed by atoms with Crippen molar-refractivity contribution in [3.63, 3.8) is 0 Å². The molecule has 0 radical (unpaired) electrons. The normalized spacial score (nSPS) is 11.1. The second-order valence-electron chi connectivity index (χ2n) is 9.01. The standard InChI is InChI=1S/C26H33N5O2/c1-18-19(2)28-24(22(27)23(18)29-30-25(32)33-26(3,4)5)31(16-20-12-8-6-9-13-20)17-21-14-10-7-11-15-21/h6-15H,16-17,27H2,1-5H3,(H,28,29)(H,30,32). The number of carbonyl (C=O) groups is 1. The van der Waals surface area contributed by atoms with Gasteiger partial charge in [-0.3, -0.25) is 5.43 Å². The monoisotopic (exact) mass is 447 g/mol. The minimum Gasteiger partial charge on any atom is -0.443 e. The summed E-state index contributed by atoms with van der Waals surface area (Å²) >= 11 is 0. The largest absolute Gasteiger partial charge is 0.443 e. The first-order chi connectivity index (χ1) is 15.6. The van der Waals surface area contributed by atoms with E-state index >= 15 is 0 Å². The van der Waals surface area contributed by atoms with Crippen LogP contribution in [-0.2, 0) is 17.8 Å². The summed E-state index contributed by atoms with van der Waals surface area (Å²) in [6.07, 6.45) is -0.581. The third kappa shape index (κ3) is 6.62. The molecule has 0 aliphatic rings. The summed E-state index contributed by atoms with van der Waals surface area (Å²) in [7, 11) is 0. The molecule has 33 heavy (non-hydrogen) atoms. The van der Waals surface area contributed by atoms with Gasteiger partial charge in [-0.15, -0.1) is 0 Å². The van der Waals surface area contributed by atoms with Crippen LogP contribution in [0.15, 0.2) is 60.7 Å². The van der Waals surface area contributed by atoms with Crippen LogP contribution in [0.1, 0.15) is 43.2 Å². The van der Waals surface area contributed by atoms with Crippen LogP contribution in [0.25, 0.3) is 0 Å². The number of nitrogens with two attached hydrogens (primary N) is 1. The van der Waals surface area contributed by atoms with E-state index < -0.39 is 11.7 Å². The number of aryl methyl sites for hydroxylation is 1. The molecular weight excluding hydrogens is 414 g/mol. The highest BCUT2D eigenvalue weighted by Gasteiger charge is 2.21. The number of hydrazine groups is 1. The molecule has 0 aliphatic carbocycles. The van der Waals surface area contributed by atoms with E-state index in [9.17, 15) is 4.79 Å². The molecule has 0 unspecified atom stereocenters. The van der Waals surface area contributed by atoms with Gasteiger partial charge in [-0.2, -0.15) is 0 Å². The number of amides is 1. The van der Waals surface area contributed by atoms with Gasteiger partial charge in [-0.25, -0.2) is 15.2 Å². The highest BCUT2D eigenvalue weighted by molar-refractivity contribution is 5.83. The molecule has 7 nitrogen and oxygen atoms in total. The van der Waals surface area contributed by atoms with Crippen LogP contribution >= 0.6 is 0 Å². The highest BCUT2D eigenvalue weighted by atomic mass is 16.6. The number of nitrogens with zero attached hydrogens (tertiary/aromatic N) is 2. The van der Waals surface area contributed by atoms with E-state index in [1.54, 1.807) is 0 Å². The molecule has 1 amide bonds. The van der Waals surface area contributed by atoms with Crippen molar-refractivity contribution in [3.8, 4) is 0 Å². The van der Waals surface area contributed by atoms with Gasteiger partial charge in [0, 0.05) is 18.8 Å². The van der Waals surface area contributed by atoms with Crippen LogP contribution in [-0.4, -0.2) is 16.7 Å². The van der Waals surface area contributed by atoms with Crippen molar-refractivity contribution in [1.82, 2.24) is 10.4 Å². The predicted molar refractivity (Wildman–Crippen MR) is 134 cm³/mol. The zero-order valence-electron chi connectivity index (χ0n) is 20.0. The van der Waals surface area contributed by atoms with E-state index in [4.69, 9.17) is 15.5 Å². The Kier molecular flexibility index (Phi) is 7.43. The van der Waals surface area contributed by atoms with Crippen LogP contribution < -0.4 is 21.5 Å². The average molecular weight is 448 g/mol. The number of anilines is 3. The SMILES string of the molecule is Cc1nc(N(Cc2ccccc2)Cc2ccccc2)c(N)c(NNC(=O)OC(C)(C)C)c1C. The predicted octanol–water partition coefficient (Wildman–Crippen LogP) is 5.34. The summed E-state index contributed by atoms with van der Waals surface area (Å²) in [6, 6.07) is 20.4. The molecule has 0 bridgehead atoms. The van der Waals surface area contributed by atoms with Gasteiger partial charge in [-0.1, -0.05) is 60.7 Å². The van der Waals surface area contributed by atoms with Gasteiger partial charge >= 0.3 is 6.09 Å². The average Bonchev–Trinajstić information content (AvgIpc) is 2.76. The lowest BCUT2D eigenvalue weighted by atomic mass is 10.1. The van der Waals surface area contributed by atoms with Crippen molar-refractivity contribution in [1.29, 1.82) is 0 Å². The molecule has 0 spiro atoms. The molecule has 0 saturated carbocycles. The minimum atomic E-state index is -0.603. The van der Waals surface area contributed by atoms with Gasteiger partial charge in [0.25, 0.3) is 0 Å². The lowest BCUT2D eigenvalue weighted by molar-refractivity contribution is 0.0541. The summed E-state index contributed by atoms with van der Waals surface area (Å²) in [6.45, 7) is 10.5. The second-order valence-corrected chi connectivity index (χ2v) is 9.01. The number of carbonyl (C=O) groups excluding carboxylic acids is 1. The fraction of sp³-hybridized carbons (Fsp3) is 0.308. The van der Waals surface area contributed by atoms with Gasteiger partial charge < -0.3 is 15.4 Å². The maximum Gasteiger partial charge on any atom is 0.426 e. The zero-order valence-corrected chi connectivity index (χ0v) is 20.0. The first kappa shape index (κ1) is 23.9. The molecule has 174 valence electrons. The van der Waals surface area contributed by atoms with Gasteiger partial charge in [0.15, 0.2) is 5.82 Å². The molecule has 0 fully saturated rings. The second kappa shape index (κ2) is 10.3. The Balaban J connectivity index is 1.94. The number of pyridine rings is 1. The molecule has 2 aromatic carbocycles. The Labute approximate surface area is 195 Å². The molecule has 0 atom stereocenters. The Hall–Kier alpha value is -3.74. The Bertz CT molecular complexity index is 1040. The zero-order chi connectivity index (χ0) is 24.0. The number of rotatable bonds is 7. The topological polar surface area (TPSA) is 92.5 Å². The molecule has 3 rings (SSSR count). The van der Waals surface area contributed by atoms with Crippen molar-refractivity contribution in [2.24, 2.45) is 0 Å². The number of nitrogens with one attached hydrogen (secondary N) is 2. The third-order valence-corrected chi connectivity index (χ3v) is 5.12. The van der Waals surface area contributed by atoms with Crippen molar-refractivity contribution in [2.75, 3.05) is 16.1 Å². The fourth-order valence-corrected chi connectivity index (χ4v) is 3.43. The molecule has 0 aliphatic heterocycles. The number of benzene rings is 2. The van der Waals surface area contributed by atoms with E-state index in [1.165, 1.54) is 0 Å². The van der Waals surface area contributed by atoms with Crippen molar-refractivity contribution >= 4 is 23.3 Å². The minimum absolute atomic E-state index is 0.459. The van der Waals surface area contributed by atoms with Gasteiger partial charge in [0.2, 0.25) is 0 Å². The summed E-state index contributed by atoms with van der Waals surface area (Å²) in [5.41, 5.74) is 16.6. The van der Waals surface area contributed by atoms with E-state index in [1.807, 2.05) is 71.0 Å². The number of aromatic nitrogens is 1. The third-order valence-electron chi connectivity index (χ3n) is 5.12. The highest BCUT2D eigenvalue weighted by Crippen LogP contribution is 2.34. The van der Waals surface area contributed by atoms with Crippen LogP contribution in [0.3, 0.4) is 0 Å². The lowest BCUT2D eigenvalue weighted by Gasteiger charge is -2.28. The molecule has 4 N–H and O–H groups in total. The summed E-state index contributed by atoms with van der Waals surface area (Å²) in [5.74, 6) is 0.652. The van der Waals surface area contributed by atoms with E-state index in [-0.39, 0.29) is 0 Å². The molecule has 0 saturated heterocycles. The van der Waals surface area contributed by atoms with Gasteiger partial charge in [-0.05, 0) is 51.3 Å². The lowest BCUT2D eigenvalue weighted by Crippen LogP contribution is -2.36. The van der Waals surface area contributed by atoms with E-state index in [2.05, 4.69) is 40.0 Å². The number of hydrogen-bond acceptors (Lipinski definition) is 6. The molecule has 1 heterocycles. The first-order valence-electron chi connectivity index (χ1n) is 11.0. The van der Waals surface area contributed by atoms with E-state index in [0.717, 1.165) is 22.4 Å². The maximum atomic E-state index is 12.2. The quantitative estimate of drug-likeness (QED) is 0.424. The summed E-state index contributed by atoms with van der Waals surface area (Å²) < 4.78 is 5.33. The van der Waals surface area contributed by atoms with Crippen LogP contribution in [0.2, 0.25) is 0 Å². The number of nitrogen functional groups attached to an aromatic ring is 1. The van der Waals surface area contributed by atoms with Crippen LogP contribution in [0.4, 0.5) is 22.0 Å². The maximum absolute atomic E-state index is 12.2. The summed E-state index contributed by atoms with van der Waals surface area (Å²) in [5, 5.41) is 0. The van der Waals surface area contributed by atoms with Crippen LogP contribution in [0.5, 0.6) is 0 Å². The van der Waals surface area contributed by atoms with Crippen LogP contribution in [0, 0.1) is 13.8 Å². The molecular formula is C26H33N5O2. The Morgan fingerprint density at radius 2 is 1.48 bits per heavy atom. The molecule has 3 aromatic rings. The Morgan fingerprint density at radius 1 is 0.970 bits per heavy atom. The molecule has 1 aromatic heterocycles. The van der Waals surface area contributed by atoms with Crippen molar-refractivity contribution in [3.05, 3.63) is 83.0 Å². The van der Waals surface area contributed by atoms with E-state index in [0.29, 0.717) is 30.3 Å². The fourth-order valence-electron chi connectivity index (χ4n) is 3.43. The summed E-state index contributed by atoms with van der Waals surface area (Å²) in [4.78, 5) is 19.2.